The third-order valence-corrected chi connectivity index (χ3v) is 8.55. The van der Waals surface area contributed by atoms with Crippen molar-refractivity contribution in [3.05, 3.63) is 58.4 Å². The molecule has 0 bridgehead atoms. The summed E-state index contributed by atoms with van der Waals surface area (Å²) in [5, 5.41) is 2.91. The maximum atomic E-state index is 14.0. The predicted molar refractivity (Wildman–Crippen MR) is 135 cm³/mol. The summed E-state index contributed by atoms with van der Waals surface area (Å²) in [7, 11) is 1.57. The van der Waals surface area contributed by atoms with Gasteiger partial charge in [-0.1, -0.05) is 12.1 Å². The standard InChI is InChI=1S/C28H33F3N4O3/c1-17-21-12-19(5-6-23(21)33-24(17)36)26(2,3)35-10-8-27(15-35,16-38-4)25(37)34-9-7-22-18(14-34)11-20(13-32-22)28(29,30)31/h5-6,11-13,17H,7-10,14-16H2,1-4H3,(H,33,36). The number of alkyl halides is 3. The van der Waals surface area contributed by atoms with Gasteiger partial charge in [-0.25, -0.2) is 0 Å². The Morgan fingerprint density at radius 1 is 1.21 bits per heavy atom. The molecule has 0 saturated carbocycles. The number of pyridine rings is 1. The minimum atomic E-state index is -4.48. The molecular weight excluding hydrogens is 497 g/mol. The first-order valence-electron chi connectivity index (χ1n) is 12.9. The lowest BCUT2D eigenvalue weighted by Gasteiger charge is -2.40. The number of rotatable bonds is 5. The number of halogens is 3. The van der Waals surface area contributed by atoms with Gasteiger partial charge in [0, 0.05) is 62.8 Å². The summed E-state index contributed by atoms with van der Waals surface area (Å²) in [6.07, 6.45) is -2.63. The maximum absolute atomic E-state index is 14.0. The number of fused-ring (bicyclic) bond motifs is 2. The molecule has 1 aromatic carbocycles. The number of likely N-dealkylation sites (tertiary alicyclic amines) is 1. The van der Waals surface area contributed by atoms with Gasteiger partial charge in [-0.15, -0.1) is 0 Å². The number of methoxy groups -OCH3 is 1. The molecule has 2 aromatic rings. The van der Waals surface area contributed by atoms with Crippen LogP contribution in [0.5, 0.6) is 0 Å². The molecule has 1 saturated heterocycles. The van der Waals surface area contributed by atoms with Gasteiger partial charge in [-0.3, -0.25) is 19.5 Å². The monoisotopic (exact) mass is 530 g/mol. The molecule has 1 aromatic heterocycles. The van der Waals surface area contributed by atoms with Gasteiger partial charge in [-0.2, -0.15) is 13.2 Å². The molecule has 2 amide bonds. The van der Waals surface area contributed by atoms with Crippen LogP contribution in [-0.2, 0) is 39.0 Å². The lowest BCUT2D eigenvalue weighted by atomic mass is 9.84. The average molecular weight is 531 g/mol. The Morgan fingerprint density at radius 3 is 2.68 bits per heavy atom. The second-order valence-electron chi connectivity index (χ2n) is 11.3. The van der Waals surface area contributed by atoms with E-state index in [1.807, 2.05) is 19.1 Å². The van der Waals surface area contributed by atoms with Crippen LogP contribution in [0.1, 0.15) is 61.1 Å². The molecule has 0 radical (unpaired) electrons. The fourth-order valence-electron chi connectivity index (χ4n) is 6.05. The van der Waals surface area contributed by atoms with E-state index in [2.05, 4.69) is 35.1 Å². The third kappa shape index (κ3) is 4.47. The number of carbonyl (C=O) groups excluding carboxylic acids is 2. The number of anilines is 1. The van der Waals surface area contributed by atoms with Gasteiger partial charge in [0.2, 0.25) is 11.8 Å². The first kappa shape index (κ1) is 26.6. The number of hydrogen-bond donors (Lipinski definition) is 1. The van der Waals surface area contributed by atoms with E-state index in [9.17, 15) is 22.8 Å². The van der Waals surface area contributed by atoms with Crippen molar-refractivity contribution in [1.82, 2.24) is 14.8 Å². The molecule has 2 atom stereocenters. The summed E-state index contributed by atoms with van der Waals surface area (Å²) >= 11 is 0. The predicted octanol–water partition coefficient (Wildman–Crippen LogP) is 4.31. The summed E-state index contributed by atoms with van der Waals surface area (Å²) in [6, 6.07) is 7.14. The first-order chi connectivity index (χ1) is 17.9. The number of benzene rings is 1. The first-order valence-corrected chi connectivity index (χ1v) is 12.9. The van der Waals surface area contributed by atoms with Gasteiger partial charge in [0.05, 0.1) is 23.5 Å². The number of aromatic nitrogens is 1. The van der Waals surface area contributed by atoms with E-state index in [0.717, 1.165) is 29.1 Å². The highest BCUT2D eigenvalue weighted by Gasteiger charge is 2.50. The van der Waals surface area contributed by atoms with Crippen LogP contribution in [0.25, 0.3) is 0 Å². The van der Waals surface area contributed by atoms with Crippen molar-refractivity contribution in [3.8, 4) is 0 Å². The number of nitrogens with one attached hydrogen (secondary N) is 1. The van der Waals surface area contributed by atoms with Crippen LogP contribution >= 0.6 is 0 Å². The van der Waals surface area contributed by atoms with E-state index < -0.39 is 22.7 Å². The quantitative estimate of drug-likeness (QED) is 0.624. The molecule has 5 rings (SSSR count). The number of carbonyl (C=O) groups is 2. The Labute approximate surface area is 220 Å². The van der Waals surface area contributed by atoms with Crippen molar-refractivity contribution in [2.75, 3.05) is 38.7 Å². The molecule has 7 nitrogen and oxygen atoms in total. The van der Waals surface area contributed by atoms with Crippen molar-refractivity contribution >= 4 is 17.5 Å². The molecule has 1 N–H and O–H groups in total. The van der Waals surface area contributed by atoms with Crippen LogP contribution in [0.3, 0.4) is 0 Å². The van der Waals surface area contributed by atoms with Crippen LogP contribution < -0.4 is 5.32 Å². The highest BCUT2D eigenvalue weighted by Crippen LogP contribution is 2.43. The lowest BCUT2D eigenvalue weighted by Crippen LogP contribution is -2.51. The SMILES string of the molecule is COCC1(C(=O)N2CCc3ncc(C(F)(F)F)cc3C2)CCN(C(C)(C)c2ccc3c(c2)C(C)C(=O)N3)C1. The Morgan fingerprint density at radius 2 is 1.97 bits per heavy atom. The fraction of sp³-hybridized carbons (Fsp3) is 0.536. The molecule has 0 aliphatic carbocycles. The van der Waals surface area contributed by atoms with Crippen molar-refractivity contribution in [1.29, 1.82) is 0 Å². The summed E-state index contributed by atoms with van der Waals surface area (Å²) < 4.78 is 45.3. The largest absolute Gasteiger partial charge is 0.417 e. The van der Waals surface area contributed by atoms with Crippen molar-refractivity contribution in [2.45, 2.75) is 57.8 Å². The van der Waals surface area contributed by atoms with Crippen molar-refractivity contribution < 1.29 is 27.5 Å². The summed E-state index contributed by atoms with van der Waals surface area (Å²) in [6.45, 7) is 7.96. The second-order valence-corrected chi connectivity index (χ2v) is 11.3. The zero-order chi connectivity index (χ0) is 27.5. The van der Waals surface area contributed by atoms with Crippen LogP contribution in [0.15, 0.2) is 30.5 Å². The van der Waals surface area contributed by atoms with Crippen LogP contribution in [-0.4, -0.2) is 59.9 Å². The smallest absolute Gasteiger partial charge is 0.384 e. The number of amides is 2. The number of ether oxygens (including phenoxy) is 1. The van der Waals surface area contributed by atoms with E-state index >= 15 is 0 Å². The zero-order valence-electron chi connectivity index (χ0n) is 22.1. The van der Waals surface area contributed by atoms with Crippen LogP contribution in [0, 0.1) is 5.41 Å². The normalized spacial score (nSPS) is 23.8. The van der Waals surface area contributed by atoms with Gasteiger partial charge in [0.1, 0.15) is 0 Å². The molecule has 1 fully saturated rings. The summed E-state index contributed by atoms with van der Waals surface area (Å²) in [4.78, 5) is 34.1. The van der Waals surface area contributed by atoms with E-state index in [-0.39, 0.29) is 30.9 Å². The lowest BCUT2D eigenvalue weighted by molar-refractivity contribution is -0.146. The van der Waals surface area contributed by atoms with Crippen LogP contribution in [0.4, 0.5) is 18.9 Å². The Balaban J connectivity index is 1.37. The van der Waals surface area contributed by atoms with Gasteiger partial charge >= 0.3 is 6.18 Å². The van der Waals surface area contributed by atoms with Crippen LogP contribution in [0.2, 0.25) is 0 Å². The van der Waals surface area contributed by atoms with E-state index in [1.165, 1.54) is 0 Å². The van der Waals surface area contributed by atoms with Gasteiger partial charge in [0.25, 0.3) is 0 Å². The van der Waals surface area contributed by atoms with Gasteiger partial charge in [0.15, 0.2) is 0 Å². The van der Waals surface area contributed by atoms with E-state index in [1.54, 1.807) is 12.0 Å². The molecular formula is C28H33F3N4O3. The minimum Gasteiger partial charge on any atom is -0.384 e. The Hall–Kier alpha value is -2.98. The van der Waals surface area contributed by atoms with E-state index in [4.69, 9.17) is 4.74 Å². The van der Waals surface area contributed by atoms with Gasteiger partial charge < -0.3 is 15.0 Å². The van der Waals surface area contributed by atoms with Gasteiger partial charge in [-0.05, 0) is 56.0 Å². The topological polar surface area (TPSA) is 74.8 Å². The minimum absolute atomic E-state index is 0.0125. The fourth-order valence-corrected chi connectivity index (χ4v) is 6.05. The molecule has 38 heavy (non-hydrogen) atoms. The summed E-state index contributed by atoms with van der Waals surface area (Å²) in [5.74, 6) is -0.331. The molecule has 204 valence electrons. The Kier molecular flexibility index (Phi) is 6.54. The average Bonchev–Trinajstić information content (AvgIpc) is 3.44. The highest BCUT2D eigenvalue weighted by molar-refractivity contribution is 6.02. The number of hydrogen-bond acceptors (Lipinski definition) is 5. The maximum Gasteiger partial charge on any atom is 0.417 e. The van der Waals surface area contributed by atoms with Crippen molar-refractivity contribution in [3.63, 3.8) is 0 Å². The molecule has 2 unspecified atom stereocenters. The summed E-state index contributed by atoms with van der Waals surface area (Å²) in [5.41, 5.74) is 1.88. The second kappa shape index (κ2) is 9.34. The number of nitrogens with zero attached hydrogens (tertiary/aromatic N) is 3. The third-order valence-electron chi connectivity index (χ3n) is 8.55. The molecule has 3 aliphatic heterocycles. The molecule has 4 heterocycles. The molecule has 0 spiro atoms. The zero-order valence-corrected chi connectivity index (χ0v) is 22.1. The van der Waals surface area contributed by atoms with Crippen molar-refractivity contribution in [2.24, 2.45) is 5.41 Å². The highest BCUT2D eigenvalue weighted by atomic mass is 19.4. The Bertz CT molecular complexity index is 1280. The van der Waals surface area contributed by atoms with E-state index in [0.29, 0.717) is 43.7 Å². The molecule has 3 aliphatic rings. The molecule has 10 heteroatoms.